The predicted octanol–water partition coefficient (Wildman–Crippen LogP) is 5.31. The Morgan fingerprint density at radius 1 is 1.04 bits per heavy atom. The third-order valence-corrected chi connectivity index (χ3v) is 5.42. The van der Waals surface area contributed by atoms with Crippen molar-refractivity contribution in [2.75, 3.05) is 5.32 Å². The molecule has 2 aromatic carbocycles. The summed E-state index contributed by atoms with van der Waals surface area (Å²) >= 11 is 3.51. The fraction of sp³-hybridized carbons (Fsp3) is 0.300. The number of benzene rings is 2. The van der Waals surface area contributed by atoms with Gasteiger partial charge in [0.05, 0.1) is 12.1 Å². The fourth-order valence-corrected chi connectivity index (χ4v) is 3.68. The van der Waals surface area contributed by atoms with E-state index in [4.69, 9.17) is 0 Å². The highest BCUT2D eigenvalue weighted by molar-refractivity contribution is 9.10. The SMILES string of the molecule is CC(C)c1ccc(C2CC(c3ccc(Br)cc3)Nc3ncnn32)cc1. The zero-order chi connectivity index (χ0) is 17.4. The molecule has 0 spiro atoms. The van der Waals surface area contributed by atoms with Crippen LogP contribution in [0.3, 0.4) is 0 Å². The largest absolute Gasteiger partial charge is 0.348 e. The molecule has 2 heterocycles. The maximum Gasteiger partial charge on any atom is 0.222 e. The van der Waals surface area contributed by atoms with E-state index >= 15 is 0 Å². The molecule has 2 atom stereocenters. The second-order valence-corrected chi connectivity index (χ2v) is 7.77. The van der Waals surface area contributed by atoms with Gasteiger partial charge < -0.3 is 5.32 Å². The smallest absolute Gasteiger partial charge is 0.222 e. The van der Waals surface area contributed by atoms with Crippen LogP contribution >= 0.6 is 15.9 Å². The summed E-state index contributed by atoms with van der Waals surface area (Å²) in [5.41, 5.74) is 3.90. The van der Waals surface area contributed by atoms with Crippen LogP contribution in [0.1, 0.15) is 55.0 Å². The number of hydrogen-bond acceptors (Lipinski definition) is 3. The third-order valence-electron chi connectivity index (χ3n) is 4.89. The van der Waals surface area contributed by atoms with E-state index in [-0.39, 0.29) is 12.1 Å². The number of nitrogens with one attached hydrogen (secondary N) is 1. The summed E-state index contributed by atoms with van der Waals surface area (Å²) in [6.07, 6.45) is 2.57. The molecular weight excluding hydrogens is 376 g/mol. The minimum atomic E-state index is 0.189. The van der Waals surface area contributed by atoms with Crippen molar-refractivity contribution in [1.29, 1.82) is 0 Å². The van der Waals surface area contributed by atoms with Gasteiger partial charge in [0.15, 0.2) is 0 Å². The lowest BCUT2D eigenvalue weighted by atomic mass is 9.92. The number of fused-ring (bicyclic) bond motifs is 1. The second kappa shape index (κ2) is 6.64. The summed E-state index contributed by atoms with van der Waals surface area (Å²) in [5, 5.41) is 7.97. The molecule has 1 aliphatic heterocycles. The zero-order valence-corrected chi connectivity index (χ0v) is 15.9. The van der Waals surface area contributed by atoms with Crippen molar-refractivity contribution in [3.05, 3.63) is 76.0 Å². The van der Waals surface area contributed by atoms with Crippen LogP contribution in [0.25, 0.3) is 0 Å². The van der Waals surface area contributed by atoms with Crippen molar-refractivity contribution < 1.29 is 0 Å². The van der Waals surface area contributed by atoms with Gasteiger partial charge in [0.25, 0.3) is 0 Å². The predicted molar refractivity (Wildman–Crippen MR) is 104 cm³/mol. The van der Waals surface area contributed by atoms with Gasteiger partial charge >= 0.3 is 0 Å². The Kier molecular flexibility index (Phi) is 4.34. The molecular formula is C20H21BrN4. The number of aromatic nitrogens is 3. The molecule has 4 rings (SSSR count). The van der Waals surface area contributed by atoms with Crippen LogP contribution in [-0.4, -0.2) is 14.8 Å². The van der Waals surface area contributed by atoms with E-state index in [1.807, 2.05) is 4.68 Å². The Morgan fingerprint density at radius 3 is 2.40 bits per heavy atom. The molecule has 0 fully saturated rings. The Balaban J connectivity index is 1.68. The first kappa shape index (κ1) is 16.3. The van der Waals surface area contributed by atoms with Crippen molar-refractivity contribution >= 4 is 21.9 Å². The van der Waals surface area contributed by atoms with E-state index < -0.39 is 0 Å². The van der Waals surface area contributed by atoms with E-state index in [2.05, 4.69) is 93.7 Å². The molecule has 0 saturated heterocycles. The highest BCUT2D eigenvalue weighted by Gasteiger charge is 2.29. The molecule has 0 bridgehead atoms. The maximum absolute atomic E-state index is 4.45. The molecule has 1 aromatic heterocycles. The lowest BCUT2D eigenvalue weighted by Crippen LogP contribution is -2.28. The molecule has 1 N–H and O–H groups in total. The van der Waals surface area contributed by atoms with Gasteiger partial charge in [-0.1, -0.05) is 66.2 Å². The van der Waals surface area contributed by atoms with Crippen LogP contribution in [0.15, 0.2) is 59.3 Å². The molecule has 2 unspecified atom stereocenters. The standard InChI is InChI=1S/C20H21BrN4/c1-13(2)14-3-5-16(6-4-14)19-11-18(15-7-9-17(21)10-8-15)24-20-22-12-23-25(19)20/h3-10,12-13,18-19H,11H2,1-2H3,(H,22,23,24). The molecule has 1 aliphatic rings. The summed E-state index contributed by atoms with van der Waals surface area (Å²) in [6.45, 7) is 4.44. The van der Waals surface area contributed by atoms with E-state index in [1.165, 1.54) is 16.7 Å². The van der Waals surface area contributed by atoms with Crippen molar-refractivity contribution in [2.24, 2.45) is 0 Å². The second-order valence-electron chi connectivity index (χ2n) is 6.85. The summed E-state index contributed by atoms with van der Waals surface area (Å²) < 4.78 is 3.09. The first-order chi connectivity index (χ1) is 12.1. The summed E-state index contributed by atoms with van der Waals surface area (Å²) in [7, 11) is 0. The molecule has 4 nitrogen and oxygen atoms in total. The Hall–Kier alpha value is -2.14. The van der Waals surface area contributed by atoms with Gasteiger partial charge in [-0.15, -0.1) is 0 Å². The number of nitrogens with zero attached hydrogens (tertiary/aromatic N) is 3. The Bertz CT molecular complexity index is 852. The van der Waals surface area contributed by atoms with Crippen LogP contribution in [0.5, 0.6) is 0 Å². The Labute approximate surface area is 156 Å². The average Bonchev–Trinajstić information content (AvgIpc) is 3.10. The molecule has 0 radical (unpaired) electrons. The minimum absolute atomic E-state index is 0.189. The first-order valence-electron chi connectivity index (χ1n) is 8.63. The van der Waals surface area contributed by atoms with Crippen molar-refractivity contribution in [3.63, 3.8) is 0 Å². The molecule has 5 heteroatoms. The van der Waals surface area contributed by atoms with Gasteiger partial charge in [-0.25, -0.2) is 4.68 Å². The van der Waals surface area contributed by atoms with E-state index in [0.29, 0.717) is 5.92 Å². The average molecular weight is 397 g/mol. The van der Waals surface area contributed by atoms with Gasteiger partial charge in [0.2, 0.25) is 5.95 Å². The number of anilines is 1. The number of rotatable bonds is 3. The van der Waals surface area contributed by atoms with Gasteiger partial charge in [-0.3, -0.25) is 0 Å². The van der Waals surface area contributed by atoms with Gasteiger partial charge in [-0.2, -0.15) is 10.1 Å². The molecule has 0 amide bonds. The van der Waals surface area contributed by atoms with Crippen LogP contribution in [0.2, 0.25) is 0 Å². The van der Waals surface area contributed by atoms with Crippen LogP contribution in [0, 0.1) is 0 Å². The first-order valence-corrected chi connectivity index (χ1v) is 9.42. The van der Waals surface area contributed by atoms with Crippen LogP contribution in [0.4, 0.5) is 5.95 Å². The summed E-state index contributed by atoms with van der Waals surface area (Å²) in [4.78, 5) is 4.40. The third kappa shape index (κ3) is 3.21. The molecule has 0 aliphatic carbocycles. The zero-order valence-electron chi connectivity index (χ0n) is 14.4. The van der Waals surface area contributed by atoms with Gasteiger partial charge in [-0.05, 0) is 41.2 Å². The van der Waals surface area contributed by atoms with Crippen molar-refractivity contribution in [2.45, 2.75) is 38.3 Å². The Morgan fingerprint density at radius 2 is 1.72 bits per heavy atom. The normalized spacial score (nSPS) is 19.5. The quantitative estimate of drug-likeness (QED) is 0.651. The summed E-state index contributed by atoms with van der Waals surface area (Å²) in [5.74, 6) is 1.37. The van der Waals surface area contributed by atoms with Crippen molar-refractivity contribution in [3.8, 4) is 0 Å². The van der Waals surface area contributed by atoms with Gasteiger partial charge in [0.1, 0.15) is 6.33 Å². The lowest BCUT2D eigenvalue weighted by Gasteiger charge is -2.32. The highest BCUT2D eigenvalue weighted by atomic mass is 79.9. The van der Waals surface area contributed by atoms with E-state index in [1.54, 1.807) is 6.33 Å². The fourth-order valence-electron chi connectivity index (χ4n) is 3.41. The van der Waals surface area contributed by atoms with Crippen molar-refractivity contribution in [1.82, 2.24) is 14.8 Å². The maximum atomic E-state index is 4.45. The molecule has 3 aromatic rings. The van der Waals surface area contributed by atoms with Gasteiger partial charge in [0, 0.05) is 4.47 Å². The van der Waals surface area contributed by atoms with E-state index in [0.717, 1.165) is 16.8 Å². The van der Waals surface area contributed by atoms with Crippen LogP contribution in [-0.2, 0) is 0 Å². The van der Waals surface area contributed by atoms with E-state index in [9.17, 15) is 0 Å². The molecule has 128 valence electrons. The number of hydrogen-bond donors (Lipinski definition) is 1. The minimum Gasteiger partial charge on any atom is -0.348 e. The number of halogens is 1. The summed E-state index contributed by atoms with van der Waals surface area (Å²) in [6, 6.07) is 17.8. The van der Waals surface area contributed by atoms with Crippen LogP contribution < -0.4 is 5.32 Å². The topological polar surface area (TPSA) is 42.7 Å². The highest BCUT2D eigenvalue weighted by Crippen LogP contribution is 2.37. The lowest BCUT2D eigenvalue weighted by molar-refractivity contribution is 0.430. The molecule has 0 saturated carbocycles. The molecule has 25 heavy (non-hydrogen) atoms. The monoisotopic (exact) mass is 396 g/mol.